The fraction of sp³-hybridized carbons (Fsp3) is 0.200. The third-order valence-electron chi connectivity index (χ3n) is 3.40. The first-order valence-corrected chi connectivity index (χ1v) is 8.19. The maximum atomic E-state index is 12.1. The van der Waals surface area contributed by atoms with Gasteiger partial charge >= 0.3 is 0 Å². The van der Waals surface area contributed by atoms with Gasteiger partial charge in [-0.15, -0.1) is 10.2 Å². The minimum atomic E-state index is -0.124. The molecule has 0 bridgehead atoms. The molecule has 1 aliphatic heterocycles. The molecule has 0 unspecified atom stereocenters. The van der Waals surface area contributed by atoms with Crippen LogP contribution < -0.4 is 14.8 Å². The normalized spacial score (nSPS) is 12.5. The Bertz CT molecular complexity index is 927. The van der Waals surface area contributed by atoms with Gasteiger partial charge in [-0.05, 0) is 31.2 Å². The summed E-state index contributed by atoms with van der Waals surface area (Å²) in [5.74, 6) is 2.15. The van der Waals surface area contributed by atoms with Gasteiger partial charge in [0, 0.05) is 11.8 Å². The van der Waals surface area contributed by atoms with E-state index in [1.54, 1.807) is 22.7 Å². The van der Waals surface area contributed by atoms with Gasteiger partial charge in [0.25, 0.3) is 0 Å². The topological polar surface area (TPSA) is 90.6 Å². The van der Waals surface area contributed by atoms with Gasteiger partial charge in [0.2, 0.25) is 12.7 Å². The number of aromatic nitrogens is 4. The van der Waals surface area contributed by atoms with Crippen LogP contribution in [-0.2, 0) is 4.79 Å². The molecule has 0 spiro atoms. The Balaban J connectivity index is 1.39. The van der Waals surface area contributed by atoms with E-state index in [9.17, 15) is 4.79 Å². The Labute approximate surface area is 141 Å². The minimum Gasteiger partial charge on any atom is -0.454 e. The van der Waals surface area contributed by atoms with Crippen LogP contribution in [0.2, 0.25) is 0 Å². The van der Waals surface area contributed by atoms with Crippen LogP contribution in [0.15, 0.2) is 35.4 Å². The van der Waals surface area contributed by atoms with Gasteiger partial charge in [-0.3, -0.25) is 4.79 Å². The number of hydrogen-bond donors (Lipinski definition) is 1. The Morgan fingerprint density at radius 3 is 3.04 bits per heavy atom. The molecule has 1 aromatic carbocycles. The number of rotatable bonds is 4. The number of hydrogen-bond acceptors (Lipinski definition) is 7. The second kappa shape index (κ2) is 6.00. The molecular formula is C15H13N5O3S. The van der Waals surface area contributed by atoms with E-state index in [2.05, 4.69) is 20.6 Å². The third kappa shape index (κ3) is 2.85. The predicted octanol–water partition coefficient (Wildman–Crippen LogP) is 1.89. The van der Waals surface area contributed by atoms with Crippen LogP contribution in [0.25, 0.3) is 5.65 Å². The summed E-state index contributed by atoms with van der Waals surface area (Å²) in [5, 5.41) is 15.9. The number of ether oxygens (including phenoxy) is 2. The Morgan fingerprint density at radius 2 is 2.12 bits per heavy atom. The van der Waals surface area contributed by atoms with Crippen LogP contribution in [0.3, 0.4) is 0 Å². The molecule has 4 rings (SSSR count). The lowest BCUT2D eigenvalue weighted by atomic mass is 10.3. The number of thioether (sulfide) groups is 1. The lowest BCUT2D eigenvalue weighted by Crippen LogP contribution is -2.14. The maximum absolute atomic E-state index is 12.1. The number of nitrogens with one attached hydrogen (secondary N) is 1. The molecule has 0 fully saturated rings. The van der Waals surface area contributed by atoms with E-state index in [-0.39, 0.29) is 18.5 Å². The number of anilines is 1. The van der Waals surface area contributed by atoms with Crippen molar-refractivity contribution in [2.45, 2.75) is 11.9 Å². The molecule has 1 aliphatic rings. The first-order valence-electron chi connectivity index (χ1n) is 7.20. The number of carbonyl (C=O) groups excluding carboxylic acids is 1. The number of carbonyl (C=O) groups is 1. The number of fused-ring (bicyclic) bond motifs is 2. The van der Waals surface area contributed by atoms with E-state index < -0.39 is 0 Å². The molecule has 0 radical (unpaired) electrons. The largest absolute Gasteiger partial charge is 0.454 e. The fourth-order valence-electron chi connectivity index (χ4n) is 2.27. The average Bonchev–Trinajstić information content (AvgIpc) is 3.19. The zero-order chi connectivity index (χ0) is 16.5. The highest BCUT2D eigenvalue weighted by Crippen LogP contribution is 2.34. The lowest BCUT2D eigenvalue weighted by Gasteiger charge is -2.06. The summed E-state index contributed by atoms with van der Waals surface area (Å²) in [5.41, 5.74) is 1.35. The summed E-state index contributed by atoms with van der Waals surface area (Å²) >= 11 is 1.34. The molecule has 1 amide bonds. The van der Waals surface area contributed by atoms with Crippen LogP contribution >= 0.6 is 11.8 Å². The van der Waals surface area contributed by atoms with Gasteiger partial charge in [-0.1, -0.05) is 11.8 Å². The predicted molar refractivity (Wildman–Crippen MR) is 87.4 cm³/mol. The molecule has 0 saturated heterocycles. The molecule has 24 heavy (non-hydrogen) atoms. The van der Waals surface area contributed by atoms with Crippen molar-refractivity contribution in [3.8, 4) is 11.5 Å². The molecule has 122 valence electrons. The van der Waals surface area contributed by atoms with Crippen LogP contribution in [-0.4, -0.2) is 38.3 Å². The van der Waals surface area contributed by atoms with Crippen molar-refractivity contribution in [2.24, 2.45) is 0 Å². The van der Waals surface area contributed by atoms with E-state index in [4.69, 9.17) is 9.47 Å². The molecule has 8 nitrogen and oxygen atoms in total. The molecule has 0 saturated carbocycles. The highest BCUT2D eigenvalue weighted by atomic mass is 32.2. The first kappa shape index (κ1) is 14.8. The summed E-state index contributed by atoms with van der Waals surface area (Å²) in [7, 11) is 0. The Kier molecular flexibility index (Phi) is 3.69. The van der Waals surface area contributed by atoms with Crippen molar-refractivity contribution < 1.29 is 14.3 Å². The second-order valence-electron chi connectivity index (χ2n) is 5.09. The molecule has 9 heteroatoms. The minimum absolute atomic E-state index is 0.124. The van der Waals surface area contributed by atoms with Crippen molar-refractivity contribution in [2.75, 3.05) is 17.9 Å². The quantitative estimate of drug-likeness (QED) is 0.723. The number of aryl methyl sites for hydroxylation is 1. The van der Waals surface area contributed by atoms with Crippen molar-refractivity contribution in [1.29, 1.82) is 0 Å². The van der Waals surface area contributed by atoms with Crippen LogP contribution in [0.1, 0.15) is 5.82 Å². The van der Waals surface area contributed by atoms with E-state index >= 15 is 0 Å². The van der Waals surface area contributed by atoms with E-state index in [0.717, 1.165) is 5.03 Å². The van der Waals surface area contributed by atoms with Crippen molar-refractivity contribution in [3.05, 3.63) is 36.2 Å². The molecule has 3 heterocycles. The van der Waals surface area contributed by atoms with Gasteiger partial charge in [0.15, 0.2) is 23.0 Å². The zero-order valence-corrected chi connectivity index (χ0v) is 13.5. The molecule has 2 aromatic heterocycles. The molecule has 3 aromatic rings. The van der Waals surface area contributed by atoms with Crippen molar-refractivity contribution >= 4 is 29.0 Å². The summed E-state index contributed by atoms with van der Waals surface area (Å²) in [6, 6.07) is 8.94. The van der Waals surface area contributed by atoms with E-state index in [1.165, 1.54) is 11.8 Å². The number of nitrogens with zero attached hydrogens (tertiary/aromatic N) is 4. The van der Waals surface area contributed by atoms with Gasteiger partial charge in [-0.2, -0.15) is 9.61 Å². The van der Waals surface area contributed by atoms with Crippen LogP contribution in [0, 0.1) is 6.92 Å². The molecule has 1 N–H and O–H groups in total. The smallest absolute Gasteiger partial charge is 0.234 e. The molecule has 0 aliphatic carbocycles. The first-order chi connectivity index (χ1) is 11.7. The van der Waals surface area contributed by atoms with Gasteiger partial charge < -0.3 is 14.8 Å². The monoisotopic (exact) mass is 343 g/mol. The van der Waals surface area contributed by atoms with Crippen molar-refractivity contribution in [1.82, 2.24) is 19.8 Å². The average molecular weight is 343 g/mol. The second-order valence-corrected chi connectivity index (χ2v) is 6.09. The standard InChI is InChI=1S/C15H13N5O3S/c1-9-17-18-13-4-5-15(19-20(9)13)24-7-14(21)16-10-2-3-11-12(6-10)23-8-22-11/h2-6H,7-8H2,1H3,(H,16,21). The summed E-state index contributed by atoms with van der Waals surface area (Å²) in [4.78, 5) is 12.1. The summed E-state index contributed by atoms with van der Waals surface area (Å²) in [6.45, 7) is 2.03. The highest BCUT2D eigenvalue weighted by molar-refractivity contribution is 7.99. The number of amides is 1. The third-order valence-corrected chi connectivity index (χ3v) is 4.32. The maximum Gasteiger partial charge on any atom is 0.234 e. The summed E-state index contributed by atoms with van der Waals surface area (Å²) in [6.07, 6.45) is 0. The van der Waals surface area contributed by atoms with E-state index in [0.29, 0.717) is 28.7 Å². The van der Waals surface area contributed by atoms with E-state index in [1.807, 2.05) is 19.1 Å². The van der Waals surface area contributed by atoms with Crippen LogP contribution in [0.5, 0.6) is 11.5 Å². The Hall–Kier alpha value is -2.81. The highest BCUT2D eigenvalue weighted by Gasteiger charge is 2.14. The van der Waals surface area contributed by atoms with Gasteiger partial charge in [0.1, 0.15) is 5.03 Å². The van der Waals surface area contributed by atoms with Gasteiger partial charge in [0.05, 0.1) is 5.75 Å². The lowest BCUT2D eigenvalue weighted by molar-refractivity contribution is -0.113. The SMILES string of the molecule is Cc1nnc2ccc(SCC(=O)Nc3ccc4c(c3)OCO4)nn12. The van der Waals surface area contributed by atoms with Crippen LogP contribution in [0.4, 0.5) is 5.69 Å². The number of benzene rings is 1. The van der Waals surface area contributed by atoms with Gasteiger partial charge in [-0.25, -0.2) is 0 Å². The molecular weight excluding hydrogens is 330 g/mol. The Morgan fingerprint density at radius 1 is 1.25 bits per heavy atom. The fourth-order valence-corrected chi connectivity index (χ4v) is 2.92. The summed E-state index contributed by atoms with van der Waals surface area (Å²) < 4.78 is 12.2. The molecule has 0 atom stereocenters. The van der Waals surface area contributed by atoms with Crippen molar-refractivity contribution in [3.63, 3.8) is 0 Å². The zero-order valence-electron chi connectivity index (χ0n) is 12.7.